The topological polar surface area (TPSA) is 68.9 Å². The van der Waals surface area contributed by atoms with Crippen LogP contribution in [0.15, 0.2) is 39.9 Å². The normalized spacial score (nSPS) is 17.3. The van der Waals surface area contributed by atoms with Crippen LogP contribution in [0.5, 0.6) is 0 Å². The molecule has 1 atom stereocenters. The van der Waals surface area contributed by atoms with E-state index in [-0.39, 0.29) is 0 Å². The minimum absolute atomic E-state index is 0.466. The molecule has 1 saturated heterocycles. The number of benzene rings is 1. The van der Waals surface area contributed by atoms with Crippen LogP contribution in [0.1, 0.15) is 25.1 Å². The fourth-order valence-electron chi connectivity index (χ4n) is 3.51. The molecule has 7 nitrogen and oxygen atoms in total. The van der Waals surface area contributed by atoms with E-state index in [9.17, 15) is 0 Å². The van der Waals surface area contributed by atoms with Gasteiger partial charge in [-0.2, -0.15) is 0 Å². The minimum atomic E-state index is 0.466. The number of aryl methyl sites for hydroxylation is 1. The molecule has 7 heteroatoms. The zero-order valence-electron chi connectivity index (χ0n) is 18.1. The molecule has 1 aromatic heterocycles. The highest BCUT2D eigenvalue weighted by Crippen LogP contribution is 2.19. The monoisotopic (exact) mass is 398 g/mol. The summed E-state index contributed by atoms with van der Waals surface area (Å²) in [6.45, 7) is 13.7. The van der Waals surface area contributed by atoms with Crippen LogP contribution in [0.2, 0.25) is 0 Å². The van der Waals surface area contributed by atoms with Crippen molar-refractivity contribution in [2.24, 2.45) is 4.99 Å². The number of guanidine groups is 1. The average molecular weight is 399 g/mol. The maximum Gasteiger partial charge on any atom is 0.226 e. The van der Waals surface area contributed by atoms with Crippen molar-refractivity contribution in [2.75, 3.05) is 46.3 Å². The summed E-state index contributed by atoms with van der Waals surface area (Å²) < 4.78 is 5.63. The number of piperazine rings is 1. The molecule has 2 aromatic rings. The predicted octanol–water partition coefficient (Wildman–Crippen LogP) is 2.34. The Morgan fingerprint density at radius 1 is 1.17 bits per heavy atom. The van der Waals surface area contributed by atoms with Gasteiger partial charge in [0.05, 0.1) is 12.2 Å². The van der Waals surface area contributed by atoms with Crippen LogP contribution in [0, 0.1) is 6.92 Å². The Labute approximate surface area is 174 Å². The third-order valence-corrected chi connectivity index (χ3v) is 5.55. The Morgan fingerprint density at radius 3 is 2.55 bits per heavy atom. The van der Waals surface area contributed by atoms with Gasteiger partial charge in [0, 0.05) is 51.4 Å². The molecule has 0 bridgehead atoms. The van der Waals surface area contributed by atoms with Crippen LogP contribution in [0.25, 0.3) is 11.5 Å². The molecule has 2 N–H and O–H groups in total. The van der Waals surface area contributed by atoms with E-state index >= 15 is 0 Å². The van der Waals surface area contributed by atoms with Crippen LogP contribution in [0.3, 0.4) is 0 Å². The van der Waals surface area contributed by atoms with E-state index < -0.39 is 0 Å². The second-order valence-corrected chi connectivity index (χ2v) is 7.64. The van der Waals surface area contributed by atoms with Crippen molar-refractivity contribution in [3.05, 3.63) is 41.8 Å². The van der Waals surface area contributed by atoms with Gasteiger partial charge in [0.2, 0.25) is 5.89 Å². The molecular formula is C22H34N6O. The Balaban J connectivity index is 1.44. The minimum Gasteiger partial charge on any atom is -0.444 e. The molecule has 0 radical (unpaired) electrons. The summed E-state index contributed by atoms with van der Waals surface area (Å²) >= 11 is 0. The number of oxazole rings is 1. The molecule has 29 heavy (non-hydrogen) atoms. The van der Waals surface area contributed by atoms with Crippen LogP contribution < -0.4 is 10.6 Å². The van der Waals surface area contributed by atoms with Crippen molar-refractivity contribution in [1.29, 1.82) is 0 Å². The standard InChI is InChI=1S/C22H34N6O/c1-5-27-10-12-28(13-11-27)18(3)14-24-22(23-4)25-15-20-16-29-21(26-20)19-8-6-17(2)7-9-19/h6-9,16,18H,5,10-15H2,1-4H3,(H2,23,24,25). The number of aliphatic imine (C=N–C) groups is 1. The molecule has 0 saturated carbocycles. The zero-order valence-corrected chi connectivity index (χ0v) is 18.1. The van der Waals surface area contributed by atoms with E-state index in [1.54, 1.807) is 13.3 Å². The third kappa shape index (κ3) is 6.05. The van der Waals surface area contributed by atoms with Gasteiger partial charge in [0.1, 0.15) is 6.26 Å². The van der Waals surface area contributed by atoms with Crippen LogP contribution in [-0.4, -0.2) is 73.1 Å². The molecule has 1 aliphatic rings. The van der Waals surface area contributed by atoms with Gasteiger partial charge in [-0.15, -0.1) is 0 Å². The molecule has 2 heterocycles. The van der Waals surface area contributed by atoms with Gasteiger partial charge in [-0.05, 0) is 32.5 Å². The van der Waals surface area contributed by atoms with E-state index in [1.165, 1.54) is 5.56 Å². The van der Waals surface area contributed by atoms with Crippen LogP contribution in [-0.2, 0) is 6.54 Å². The maximum atomic E-state index is 5.63. The van der Waals surface area contributed by atoms with Crippen molar-refractivity contribution < 1.29 is 4.42 Å². The van der Waals surface area contributed by atoms with E-state index in [1.807, 2.05) is 12.1 Å². The average Bonchev–Trinajstić information content (AvgIpc) is 3.23. The molecular weight excluding hydrogens is 364 g/mol. The second-order valence-electron chi connectivity index (χ2n) is 7.64. The Hall–Kier alpha value is -2.38. The fraction of sp³-hybridized carbons (Fsp3) is 0.545. The number of hydrogen-bond acceptors (Lipinski definition) is 5. The van der Waals surface area contributed by atoms with Gasteiger partial charge in [0.15, 0.2) is 5.96 Å². The summed E-state index contributed by atoms with van der Waals surface area (Å²) in [4.78, 5) is 13.9. The first kappa shape index (κ1) is 21.3. The summed E-state index contributed by atoms with van der Waals surface area (Å²) in [7, 11) is 1.79. The van der Waals surface area contributed by atoms with Crippen molar-refractivity contribution in [1.82, 2.24) is 25.4 Å². The molecule has 1 aromatic carbocycles. The number of rotatable bonds is 7. The molecule has 3 rings (SSSR count). The van der Waals surface area contributed by atoms with Crippen molar-refractivity contribution >= 4 is 5.96 Å². The van der Waals surface area contributed by atoms with Gasteiger partial charge < -0.3 is 20.0 Å². The highest BCUT2D eigenvalue weighted by Gasteiger charge is 2.20. The Kier molecular flexibility index (Phi) is 7.66. The zero-order chi connectivity index (χ0) is 20.6. The SMILES string of the molecule is CCN1CCN(C(C)CNC(=NC)NCc2coc(-c3ccc(C)cc3)n2)CC1. The van der Waals surface area contributed by atoms with Crippen molar-refractivity contribution in [3.8, 4) is 11.5 Å². The van der Waals surface area contributed by atoms with Gasteiger partial charge in [-0.3, -0.25) is 9.89 Å². The van der Waals surface area contributed by atoms with E-state index in [2.05, 4.69) is 63.3 Å². The first-order valence-electron chi connectivity index (χ1n) is 10.5. The Bertz CT molecular complexity index is 777. The molecule has 1 aliphatic heterocycles. The van der Waals surface area contributed by atoms with Gasteiger partial charge in [-0.25, -0.2) is 4.98 Å². The van der Waals surface area contributed by atoms with Crippen LogP contribution >= 0.6 is 0 Å². The first-order valence-corrected chi connectivity index (χ1v) is 10.5. The molecule has 0 amide bonds. The second kappa shape index (κ2) is 10.4. The number of nitrogens with zero attached hydrogens (tertiary/aromatic N) is 4. The molecule has 0 spiro atoms. The highest BCUT2D eigenvalue weighted by atomic mass is 16.3. The number of likely N-dealkylation sites (N-methyl/N-ethyl adjacent to an activating group) is 1. The first-order chi connectivity index (χ1) is 14.1. The molecule has 1 fully saturated rings. The number of aromatic nitrogens is 1. The lowest BCUT2D eigenvalue weighted by Gasteiger charge is -2.37. The lowest BCUT2D eigenvalue weighted by Crippen LogP contribution is -2.53. The molecule has 0 aliphatic carbocycles. The Morgan fingerprint density at radius 2 is 1.90 bits per heavy atom. The summed E-state index contributed by atoms with van der Waals surface area (Å²) in [5.41, 5.74) is 3.06. The van der Waals surface area contributed by atoms with E-state index in [0.29, 0.717) is 18.5 Å². The summed E-state index contributed by atoms with van der Waals surface area (Å²) in [5.74, 6) is 1.42. The van der Waals surface area contributed by atoms with Gasteiger partial charge in [-0.1, -0.05) is 24.6 Å². The van der Waals surface area contributed by atoms with Crippen LogP contribution in [0.4, 0.5) is 0 Å². The third-order valence-electron chi connectivity index (χ3n) is 5.55. The lowest BCUT2D eigenvalue weighted by molar-refractivity contribution is 0.107. The molecule has 1 unspecified atom stereocenters. The fourth-order valence-corrected chi connectivity index (χ4v) is 3.51. The quantitative estimate of drug-likeness (QED) is 0.551. The van der Waals surface area contributed by atoms with E-state index in [0.717, 1.165) is 56.5 Å². The number of nitrogens with one attached hydrogen (secondary N) is 2. The highest BCUT2D eigenvalue weighted by molar-refractivity contribution is 5.79. The smallest absolute Gasteiger partial charge is 0.226 e. The number of hydrogen-bond donors (Lipinski definition) is 2. The molecule has 158 valence electrons. The van der Waals surface area contributed by atoms with Gasteiger partial charge >= 0.3 is 0 Å². The summed E-state index contributed by atoms with van der Waals surface area (Å²) in [6.07, 6.45) is 1.70. The predicted molar refractivity (Wildman–Crippen MR) is 118 cm³/mol. The van der Waals surface area contributed by atoms with Crippen molar-refractivity contribution in [3.63, 3.8) is 0 Å². The summed E-state index contributed by atoms with van der Waals surface area (Å²) in [6, 6.07) is 8.65. The summed E-state index contributed by atoms with van der Waals surface area (Å²) in [5, 5.41) is 6.76. The lowest BCUT2D eigenvalue weighted by atomic mass is 10.1. The maximum absolute atomic E-state index is 5.63. The van der Waals surface area contributed by atoms with Gasteiger partial charge in [0.25, 0.3) is 0 Å². The van der Waals surface area contributed by atoms with Crippen molar-refractivity contribution in [2.45, 2.75) is 33.4 Å². The van der Waals surface area contributed by atoms with E-state index in [4.69, 9.17) is 4.42 Å². The largest absolute Gasteiger partial charge is 0.444 e.